The number of benzene rings is 1. The monoisotopic (exact) mass is 518 g/mol. The number of rotatable bonds is 14. The maximum absolute atomic E-state index is 12.8. The number of hydrogen-bond acceptors (Lipinski definition) is 8. The summed E-state index contributed by atoms with van der Waals surface area (Å²) in [4.78, 5) is 72.1. The van der Waals surface area contributed by atoms with Gasteiger partial charge in [-0.1, -0.05) is 26.0 Å². The molecule has 12 heteroatoms. The minimum absolute atomic E-state index is 0.0639. The molecule has 37 heavy (non-hydrogen) atoms. The fraction of sp³-hybridized carbons (Fsp3) is 0.440. The van der Waals surface area contributed by atoms with E-state index in [1.165, 1.54) is 38.5 Å². The molecule has 4 amide bonds. The lowest BCUT2D eigenvalue weighted by Crippen LogP contribution is -2.54. The minimum Gasteiger partial charge on any atom is -0.469 e. The maximum Gasteiger partial charge on any atom is 0.330 e. The molecule has 0 radical (unpaired) electrons. The normalized spacial score (nSPS) is 12.4. The molecule has 0 aliphatic rings. The molecule has 0 aliphatic carbocycles. The molecule has 0 heterocycles. The van der Waals surface area contributed by atoms with E-state index >= 15 is 0 Å². The molecule has 2 atom stereocenters. The average Bonchev–Trinajstić information content (AvgIpc) is 2.87. The molecule has 1 aromatic carbocycles. The van der Waals surface area contributed by atoms with E-state index in [4.69, 9.17) is 5.73 Å². The lowest BCUT2D eigenvalue weighted by atomic mass is 10.0. The zero-order valence-electron chi connectivity index (χ0n) is 21.4. The van der Waals surface area contributed by atoms with Crippen LogP contribution in [0.3, 0.4) is 0 Å². The predicted octanol–water partition coefficient (Wildman–Crippen LogP) is 0.0568. The Morgan fingerprint density at radius 3 is 2.14 bits per heavy atom. The summed E-state index contributed by atoms with van der Waals surface area (Å²) in [6, 6.07) is 4.11. The number of carbonyl (C=O) groups is 6. The second-order valence-electron chi connectivity index (χ2n) is 8.49. The Hall–Kier alpha value is -4.22. The quantitative estimate of drug-likeness (QED) is 0.197. The SMILES string of the molecule is COC(=O)C=Cc1ccc(C(=O)NCC(=O)NC(CCC(=O)OC)C(=O)NC(CC(C)C)C(N)=O)cc1. The number of carbonyl (C=O) groups excluding carboxylic acids is 6. The van der Waals surface area contributed by atoms with Gasteiger partial charge in [0, 0.05) is 18.1 Å². The van der Waals surface area contributed by atoms with Gasteiger partial charge < -0.3 is 31.2 Å². The average molecular weight is 519 g/mol. The first kappa shape index (κ1) is 30.8. The minimum atomic E-state index is -1.17. The molecule has 12 nitrogen and oxygen atoms in total. The van der Waals surface area contributed by atoms with Crippen LogP contribution in [0.2, 0.25) is 0 Å². The molecule has 0 fully saturated rings. The van der Waals surface area contributed by atoms with Crippen molar-refractivity contribution in [3.8, 4) is 0 Å². The van der Waals surface area contributed by atoms with Crippen LogP contribution in [0.1, 0.15) is 49.0 Å². The van der Waals surface area contributed by atoms with E-state index in [0.29, 0.717) is 12.0 Å². The van der Waals surface area contributed by atoms with E-state index in [2.05, 4.69) is 25.4 Å². The van der Waals surface area contributed by atoms with Gasteiger partial charge in [-0.15, -0.1) is 0 Å². The van der Waals surface area contributed by atoms with Crippen LogP contribution < -0.4 is 21.7 Å². The number of primary amides is 1. The van der Waals surface area contributed by atoms with E-state index in [1.54, 1.807) is 12.1 Å². The van der Waals surface area contributed by atoms with Crippen LogP contribution in [0.15, 0.2) is 30.3 Å². The van der Waals surface area contributed by atoms with Crippen molar-refractivity contribution in [1.82, 2.24) is 16.0 Å². The van der Waals surface area contributed by atoms with Crippen LogP contribution in [0, 0.1) is 5.92 Å². The van der Waals surface area contributed by atoms with Crippen molar-refractivity contribution in [3.63, 3.8) is 0 Å². The third-order valence-corrected chi connectivity index (χ3v) is 5.08. The zero-order valence-corrected chi connectivity index (χ0v) is 21.4. The van der Waals surface area contributed by atoms with Gasteiger partial charge in [0.1, 0.15) is 12.1 Å². The number of methoxy groups -OCH3 is 2. The second-order valence-corrected chi connectivity index (χ2v) is 8.49. The van der Waals surface area contributed by atoms with Crippen LogP contribution in [0.25, 0.3) is 6.08 Å². The molecular formula is C25H34N4O8. The van der Waals surface area contributed by atoms with Gasteiger partial charge in [0.25, 0.3) is 5.91 Å². The summed E-state index contributed by atoms with van der Waals surface area (Å²) in [6.45, 7) is 3.26. The number of nitrogens with two attached hydrogens (primary N) is 1. The van der Waals surface area contributed by atoms with Crippen LogP contribution in [0.5, 0.6) is 0 Å². The van der Waals surface area contributed by atoms with Gasteiger partial charge in [0.15, 0.2) is 0 Å². The summed E-state index contributed by atoms with van der Waals surface area (Å²) in [5.74, 6) is -3.68. The second kappa shape index (κ2) is 15.7. The molecule has 2 unspecified atom stereocenters. The number of nitrogens with one attached hydrogen (secondary N) is 3. The standard InChI is InChI=1S/C25H34N4O8/c1-15(2)13-19(23(26)33)29-25(35)18(10-12-22(32)37-4)28-20(30)14-27-24(34)17-8-5-16(6-9-17)7-11-21(31)36-3/h5-9,11,15,18-19H,10,12-14H2,1-4H3,(H2,26,33)(H,27,34)(H,28,30)(H,29,35). The highest BCUT2D eigenvalue weighted by molar-refractivity contribution is 5.97. The Morgan fingerprint density at radius 1 is 0.946 bits per heavy atom. The van der Waals surface area contributed by atoms with E-state index < -0.39 is 54.2 Å². The first-order chi connectivity index (χ1) is 17.5. The van der Waals surface area contributed by atoms with Crippen LogP contribution >= 0.6 is 0 Å². The van der Waals surface area contributed by atoms with E-state index in [0.717, 1.165) is 0 Å². The molecule has 0 bridgehead atoms. The topological polar surface area (TPSA) is 183 Å². The van der Waals surface area contributed by atoms with Gasteiger partial charge in [-0.05, 0) is 42.5 Å². The number of hydrogen-bond donors (Lipinski definition) is 4. The molecule has 1 rings (SSSR count). The summed E-state index contributed by atoms with van der Waals surface area (Å²) in [7, 11) is 2.45. The zero-order chi connectivity index (χ0) is 28.0. The summed E-state index contributed by atoms with van der Waals surface area (Å²) in [5.41, 5.74) is 6.30. The molecule has 0 aliphatic heterocycles. The van der Waals surface area contributed by atoms with Crippen LogP contribution in [0.4, 0.5) is 0 Å². The first-order valence-corrected chi connectivity index (χ1v) is 11.6. The van der Waals surface area contributed by atoms with Crippen LogP contribution in [-0.2, 0) is 33.4 Å². The Balaban J connectivity index is 2.77. The van der Waals surface area contributed by atoms with Crippen LogP contribution in [-0.4, -0.2) is 68.4 Å². The van der Waals surface area contributed by atoms with E-state index in [1.807, 2.05) is 13.8 Å². The Bertz CT molecular complexity index is 1000. The third-order valence-electron chi connectivity index (χ3n) is 5.08. The highest BCUT2D eigenvalue weighted by Crippen LogP contribution is 2.08. The van der Waals surface area contributed by atoms with Crippen molar-refractivity contribution in [2.45, 2.75) is 45.2 Å². The molecule has 0 aromatic heterocycles. The molecule has 1 aromatic rings. The maximum atomic E-state index is 12.8. The molecule has 5 N–H and O–H groups in total. The largest absolute Gasteiger partial charge is 0.469 e. The van der Waals surface area contributed by atoms with E-state index in [-0.39, 0.29) is 24.3 Å². The Morgan fingerprint density at radius 2 is 1.59 bits per heavy atom. The van der Waals surface area contributed by atoms with Crippen molar-refractivity contribution in [3.05, 3.63) is 41.5 Å². The highest BCUT2D eigenvalue weighted by atomic mass is 16.5. The number of esters is 2. The van der Waals surface area contributed by atoms with Gasteiger partial charge in [0.05, 0.1) is 20.8 Å². The summed E-state index contributed by atoms with van der Waals surface area (Å²) < 4.78 is 9.10. The number of ether oxygens (including phenoxy) is 2. The number of amides is 4. The smallest absolute Gasteiger partial charge is 0.330 e. The third kappa shape index (κ3) is 11.8. The van der Waals surface area contributed by atoms with Crippen molar-refractivity contribution in [1.29, 1.82) is 0 Å². The van der Waals surface area contributed by atoms with Crippen molar-refractivity contribution in [2.75, 3.05) is 20.8 Å². The molecule has 0 spiro atoms. The molecule has 202 valence electrons. The van der Waals surface area contributed by atoms with Crippen molar-refractivity contribution >= 4 is 41.6 Å². The van der Waals surface area contributed by atoms with Gasteiger partial charge >= 0.3 is 11.9 Å². The van der Waals surface area contributed by atoms with Crippen molar-refractivity contribution < 1.29 is 38.2 Å². The van der Waals surface area contributed by atoms with Gasteiger partial charge in [-0.3, -0.25) is 24.0 Å². The lowest BCUT2D eigenvalue weighted by molar-refractivity contribution is -0.141. The Labute approximate surface area is 215 Å². The molecule has 0 saturated carbocycles. The summed E-state index contributed by atoms with van der Waals surface area (Å²) in [6.07, 6.45) is 2.80. The van der Waals surface area contributed by atoms with Crippen molar-refractivity contribution in [2.24, 2.45) is 11.7 Å². The lowest BCUT2D eigenvalue weighted by Gasteiger charge is -2.22. The van der Waals surface area contributed by atoms with Gasteiger partial charge in [-0.25, -0.2) is 4.79 Å². The highest BCUT2D eigenvalue weighted by Gasteiger charge is 2.27. The van der Waals surface area contributed by atoms with Gasteiger partial charge in [-0.2, -0.15) is 0 Å². The van der Waals surface area contributed by atoms with E-state index in [9.17, 15) is 28.8 Å². The molecule has 0 saturated heterocycles. The summed E-state index contributed by atoms with van der Waals surface area (Å²) >= 11 is 0. The predicted molar refractivity (Wildman–Crippen MR) is 134 cm³/mol. The fourth-order valence-corrected chi connectivity index (χ4v) is 3.11. The van der Waals surface area contributed by atoms with Gasteiger partial charge in [0.2, 0.25) is 17.7 Å². The molecular weight excluding hydrogens is 484 g/mol. The summed E-state index contributed by atoms with van der Waals surface area (Å²) in [5, 5.41) is 7.42. The first-order valence-electron chi connectivity index (χ1n) is 11.6. The fourth-order valence-electron chi connectivity index (χ4n) is 3.11. The Kier molecular flexibility index (Phi) is 13.1.